The van der Waals surface area contributed by atoms with Crippen molar-refractivity contribution in [3.8, 4) is 11.8 Å². The van der Waals surface area contributed by atoms with E-state index in [4.69, 9.17) is 16.3 Å². The number of rotatable bonds is 12. The van der Waals surface area contributed by atoms with E-state index in [0.717, 1.165) is 61.8 Å². The predicted molar refractivity (Wildman–Crippen MR) is 215 cm³/mol. The number of nitrogens with zero attached hydrogens (tertiary/aromatic N) is 4. The summed E-state index contributed by atoms with van der Waals surface area (Å²) in [6.07, 6.45) is 1.94. The lowest BCUT2D eigenvalue weighted by atomic mass is 9.49. The van der Waals surface area contributed by atoms with Crippen molar-refractivity contribution in [2.45, 2.75) is 71.6 Å². The summed E-state index contributed by atoms with van der Waals surface area (Å²) < 4.78 is 6.37. The van der Waals surface area contributed by atoms with Crippen LogP contribution in [0.3, 0.4) is 0 Å². The molecular formula is C43H48ClN7O6. The number of fused-ring (bicyclic) bond motifs is 1. The Bertz CT molecular complexity index is 2120. The highest BCUT2D eigenvalue weighted by Crippen LogP contribution is 2.55. The third-order valence-corrected chi connectivity index (χ3v) is 12.3. The van der Waals surface area contributed by atoms with Crippen LogP contribution in [-0.2, 0) is 9.59 Å². The van der Waals surface area contributed by atoms with Gasteiger partial charge in [-0.25, -0.2) is 0 Å². The first-order valence-electron chi connectivity index (χ1n) is 19.5. The molecule has 0 radical (unpaired) electrons. The number of nitriles is 1. The Morgan fingerprint density at radius 3 is 2.28 bits per heavy atom. The standard InChI is InChI=1S/C43H48ClN7O6/c1-42(2)40(43(3,4)41(42)57-30-13-9-27(25-45)33(44)24-30)48-36(53)26-7-11-29(12-8-26)50-21-19-49(20-22-50)18-6-5-17-46-28-10-14-31-32(23-28)39(56)51(38(31)55)34-15-16-35(52)47-37(34)54/h7-14,23-24,34,40-41,46H,5-6,15-22H2,1-4H3,(H,48,53)(H,47,52,54)/t34?,40-,41-. The third kappa shape index (κ3) is 7.81. The van der Waals surface area contributed by atoms with E-state index in [-0.39, 0.29) is 52.9 Å². The molecule has 3 aliphatic heterocycles. The van der Waals surface area contributed by atoms with Gasteiger partial charge < -0.3 is 20.3 Å². The lowest BCUT2D eigenvalue weighted by Gasteiger charge is -2.63. The van der Waals surface area contributed by atoms with Crippen molar-refractivity contribution in [2.75, 3.05) is 49.5 Å². The molecule has 5 amide bonds. The van der Waals surface area contributed by atoms with Crippen LogP contribution < -0.4 is 25.6 Å². The number of unbranched alkanes of at least 4 members (excludes halogenated alkanes) is 1. The molecule has 3 fully saturated rings. The molecular weight excluding hydrogens is 746 g/mol. The highest BCUT2D eigenvalue weighted by atomic mass is 35.5. The van der Waals surface area contributed by atoms with Crippen LogP contribution in [0, 0.1) is 22.2 Å². The highest BCUT2D eigenvalue weighted by Gasteiger charge is 2.64. The van der Waals surface area contributed by atoms with Crippen molar-refractivity contribution in [1.82, 2.24) is 20.4 Å². The second kappa shape index (κ2) is 15.8. The van der Waals surface area contributed by atoms with Crippen molar-refractivity contribution < 1.29 is 28.7 Å². The Kier molecular flexibility index (Phi) is 11.0. The van der Waals surface area contributed by atoms with Crippen molar-refractivity contribution in [3.63, 3.8) is 0 Å². The summed E-state index contributed by atoms with van der Waals surface area (Å²) >= 11 is 6.24. The number of piperazine rings is 1. The van der Waals surface area contributed by atoms with Gasteiger partial charge in [0.15, 0.2) is 0 Å². The van der Waals surface area contributed by atoms with E-state index < -0.39 is 29.7 Å². The van der Waals surface area contributed by atoms with Gasteiger partial charge in [0.25, 0.3) is 17.7 Å². The summed E-state index contributed by atoms with van der Waals surface area (Å²) in [5.41, 5.74) is 2.65. The minimum atomic E-state index is -0.980. The van der Waals surface area contributed by atoms with Crippen LogP contribution >= 0.6 is 11.6 Å². The normalized spacial score (nSPS) is 22.6. The number of carbonyl (C=O) groups excluding carboxylic acids is 5. The molecule has 3 aromatic carbocycles. The first-order chi connectivity index (χ1) is 27.2. The van der Waals surface area contributed by atoms with Crippen molar-refractivity contribution in [1.29, 1.82) is 5.26 Å². The second-order valence-corrected chi connectivity index (χ2v) is 16.9. The summed E-state index contributed by atoms with van der Waals surface area (Å²) in [6, 6.07) is 18.9. The maximum atomic E-state index is 13.4. The first-order valence-corrected chi connectivity index (χ1v) is 19.9. The van der Waals surface area contributed by atoms with Gasteiger partial charge >= 0.3 is 0 Å². The molecule has 57 heavy (non-hydrogen) atoms. The Morgan fingerprint density at radius 2 is 1.61 bits per heavy atom. The fourth-order valence-corrected chi connectivity index (χ4v) is 9.35. The molecule has 1 aliphatic carbocycles. The first kappa shape index (κ1) is 39.8. The van der Waals surface area contributed by atoms with Gasteiger partial charge in [0.2, 0.25) is 11.8 Å². The number of hydrogen-bond donors (Lipinski definition) is 3. The van der Waals surface area contributed by atoms with E-state index >= 15 is 0 Å². The summed E-state index contributed by atoms with van der Waals surface area (Å²) in [6.45, 7) is 13.7. The quantitative estimate of drug-likeness (QED) is 0.163. The average Bonchev–Trinajstić information content (AvgIpc) is 3.43. The minimum Gasteiger partial charge on any atom is -0.489 e. The monoisotopic (exact) mass is 793 g/mol. The molecule has 3 aromatic rings. The van der Waals surface area contributed by atoms with Crippen LogP contribution in [0.2, 0.25) is 5.02 Å². The molecule has 0 aromatic heterocycles. The molecule has 4 aliphatic rings. The Hall–Kier alpha value is -5.45. The number of halogens is 1. The molecule has 1 atom stereocenters. The van der Waals surface area contributed by atoms with Gasteiger partial charge in [-0.05, 0) is 80.4 Å². The van der Waals surface area contributed by atoms with Crippen LogP contribution in [0.25, 0.3) is 0 Å². The number of carbonyl (C=O) groups is 5. The smallest absolute Gasteiger partial charge is 0.262 e. The Balaban J connectivity index is 0.826. The highest BCUT2D eigenvalue weighted by molar-refractivity contribution is 6.31. The molecule has 7 rings (SSSR count). The van der Waals surface area contributed by atoms with Crippen molar-refractivity contribution in [2.24, 2.45) is 10.8 Å². The summed E-state index contributed by atoms with van der Waals surface area (Å²) in [7, 11) is 0. The maximum absolute atomic E-state index is 13.4. The summed E-state index contributed by atoms with van der Waals surface area (Å²) in [4.78, 5) is 69.2. The minimum absolute atomic E-state index is 0.0841. The number of amides is 5. The topological polar surface area (TPSA) is 164 Å². The fraction of sp³-hybridized carbons (Fsp3) is 0.442. The van der Waals surface area contributed by atoms with Gasteiger partial charge in [0.1, 0.15) is 24.0 Å². The van der Waals surface area contributed by atoms with Crippen molar-refractivity contribution >= 4 is 52.5 Å². The van der Waals surface area contributed by atoms with Gasteiger partial charge in [-0.1, -0.05) is 39.3 Å². The Morgan fingerprint density at radius 1 is 0.912 bits per heavy atom. The number of nitrogens with one attached hydrogen (secondary N) is 3. The number of benzene rings is 3. The molecule has 1 saturated carbocycles. The number of anilines is 2. The third-order valence-electron chi connectivity index (χ3n) is 12.0. The molecule has 13 nitrogen and oxygen atoms in total. The molecule has 0 bridgehead atoms. The zero-order chi connectivity index (χ0) is 40.6. The number of hydrogen-bond acceptors (Lipinski definition) is 10. The van der Waals surface area contributed by atoms with Gasteiger partial charge in [-0.3, -0.25) is 39.1 Å². The predicted octanol–water partition coefficient (Wildman–Crippen LogP) is 5.24. The van der Waals surface area contributed by atoms with E-state index in [1.807, 2.05) is 24.3 Å². The zero-order valence-electron chi connectivity index (χ0n) is 32.7. The van der Waals surface area contributed by atoms with E-state index in [1.165, 1.54) is 0 Å². The molecule has 3 N–H and O–H groups in total. The largest absolute Gasteiger partial charge is 0.489 e. The molecule has 1 unspecified atom stereocenters. The molecule has 2 saturated heterocycles. The SMILES string of the molecule is CC1(C)[C@H](NC(=O)c2ccc(N3CCN(CCCCNc4ccc5c(c4)C(=O)N(C4CCC(=O)NC4=O)C5=O)CC3)cc2)C(C)(C)[C@H]1Oc1ccc(C#N)c(Cl)c1. The van der Waals surface area contributed by atoms with Crippen LogP contribution in [0.1, 0.15) is 90.0 Å². The van der Waals surface area contributed by atoms with E-state index in [1.54, 1.807) is 36.4 Å². The maximum Gasteiger partial charge on any atom is 0.262 e. The Labute approximate surface area is 337 Å². The van der Waals surface area contributed by atoms with Gasteiger partial charge in [0.05, 0.1) is 21.7 Å². The van der Waals surface area contributed by atoms with Gasteiger partial charge in [-0.2, -0.15) is 5.26 Å². The van der Waals surface area contributed by atoms with E-state index in [2.05, 4.69) is 59.5 Å². The van der Waals surface area contributed by atoms with Crippen LogP contribution in [0.5, 0.6) is 5.75 Å². The number of piperidine rings is 1. The van der Waals surface area contributed by atoms with E-state index in [0.29, 0.717) is 28.4 Å². The van der Waals surface area contributed by atoms with Gasteiger partial charge in [-0.15, -0.1) is 0 Å². The molecule has 298 valence electrons. The lowest BCUT2D eigenvalue weighted by molar-refractivity contribution is -0.164. The number of imide groups is 2. The zero-order valence-corrected chi connectivity index (χ0v) is 33.4. The van der Waals surface area contributed by atoms with Crippen LogP contribution in [0.4, 0.5) is 11.4 Å². The van der Waals surface area contributed by atoms with Crippen LogP contribution in [0.15, 0.2) is 60.7 Å². The summed E-state index contributed by atoms with van der Waals surface area (Å²) in [5, 5.41) is 18.4. The lowest BCUT2D eigenvalue weighted by Crippen LogP contribution is -2.74. The molecule has 0 spiro atoms. The van der Waals surface area contributed by atoms with Gasteiger partial charge in [0, 0.05) is 79.0 Å². The average molecular weight is 794 g/mol. The fourth-order valence-electron chi connectivity index (χ4n) is 9.14. The summed E-state index contributed by atoms with van der Waals surface area (Å²) in [5.74, 6) is -1.57. The number of ether oxygens (including phenoxy) is 1. The van der Waals surface area contributed by atoms with Crippen molar-refractivity contribution in [3.05, 3.63) is 87.9 Å². The second-order valence-electron chi connectivity index (χ2n) is 16.5. The van der Waals surface area contributed by atoms with Crippen LogP contribution in [-0.4, -0.2) is 96.8 Å². The molecule has 14 heteroatoms. The van der Waals surface area contributed by atoms with E-state index in [9.17, 15) is 29.2 Å². The molecule has 3 heterocycles.